The van der Waals surface area contributed by atoms with Crippen LogP contribution >= 0.6 is 0 Å². The molecule has 1 aliphatic rings. The average Bonchev–Trinajstić information content (AvgIpc) is 2.66. The quantitative estimate of drug-likeness (QED) is 0.606. The summed E-state index contributed by atoms with van der Waals surface area (Å²) in [6.45, 7) is 4.95. The number of aryl methyl sites for hydroxylation is 2. The molecular weight excluding hydrogens is 228 g/mol. The van der Waals surface area contributed by atoms with E-state index < -0.39 is 0 Å². The first-order valence-corrected chi connectivity index (χ1v) is 6.60. The molecule has 1 aromatic heterocycles. The van der Waals surface area contributed by atoms with Crippen molar-refractivity contribution in [2.45, 2.75) is 46.1 Å². The van der Waals surface area contributed by atoms with E-state index in [9.17, 15) is 4.79 Å². The molecular formula is C14H20N2O2. The molecule has 2 rings (SSSR count). The zero-order valence-electron chi connectivity index (χ0n) is 11.1. The van der Waals surface area contributed by atoms with Crippen LogP contribution < -0.4 is 0 Å². The number of carbonyl (C=O) groups is 1. The van der Waals surface area contributed by atoms with Gasteiger partial charge in [0.15, 0.2) is 0 Å². The van der Waals surface area contributed by atoms with Crippen LogP contribution in [0.4, 0.5) is 0 Å². The summed E-state index contributed by atoms with van der Waals surface area (Å²) in [5.74, 6) is 0.763. The lowest BCUT2D eigenvalue weighted by Crippen LogP contribution is -2.09. The topological polar surface area (TPSA) is 44.1 Å². The molecule has 0 saturated carbocycles. The first kappa shape index (κ1) is 12.9. The minimum Gasteiger partial charge on any atom is -0.463 e. The van der Waals surface area contributed by atoms with Crippen molar-refractivity contribution in [3.8, 4) is 0 Å². The number of esters is 1. The highest BCUT2D eigenvalue weighted by Crippen LogP contribution is 2.21. The fraction of sp³-hybridized carbons (Fsp3) is 0.571. The Bertz CT molecular complexity index is 461. The third-order valence-electron chi connectivity index (χ3n) is 3.25. The molecule has 0 fully saturated rings. The molecule has 0 unspecified atom stereocenters. The minimum atomic E-state index is -0.274. The van der Waals surface area contributed by atoms with Crippen LogP contribution in [0, 0.1) is 6.92 Å². The van der Waals surface area contributed by atoms with Gasteiger partial charge < -0.3 is 9.30 Å². The summed E-state index contributed by atoms with van der Waals surface area (Å²) >= 11 is 0. The van der Waals surface area contributed by atoms with Gasteiger partial charge >= 0.3 is 5.97 Å². The largest absolute Gasteiger partial charge is 0.463 e. The Balaban J connectivity index is 2.05. The van der Waals surface area contributed by atoms with E-state index in [0.29, 0.717) is 13.2 Å². The Labute approximate surface area is 108 Å². The molecule has 0 saturated heterocycles. The zero-order valence-corrected chi connectivity index (χ0v) is 11.1. The van der Waals surface area contributed by atoms with Crippen LogP contribution in [0.2, 0.25) is 0 Å². The fourth-order valence-electron chi connectivity index (χ4n) is 2.42. The highest BCUT2D eigenvalue weighted by Gasteiger charge is 2.16. The molecule has 0 spiro atoms. The van der Waals surface area contributed by atoms with Crippen molar-refractivity contribution in [3.63, 3.8) is 0 Å². The van der Waals surface area contributed by atoms with Crippen LogP contribution in [-0.4, -0.2) is 22.1 Å². The molecule has 0 atom stereocenters. The molecule has 0 radical (unpaired) electrons. The number of ether oxygens (including phenoxy) is 1. The van der Waals surface area contributed by atoms with E-state index >= 15 is 0 Å². The van der Waals surface area contributed by atoms with E-state index in [0.717, 1.165) is 18.7 Å². The summed E-state index contributed by atoms with van der Waals surface area (Å²) in [5, 5.41) is 0. The van der Waals surface area contributed by atoms with Crippen LogP contribution in [-0.2, 0) is 28.9 Å². The summed E-state index contributed by atoms with van der Waals surface area (Å²) in [7, 11) is 0. The Morgan fingerprint density at radius 1 is 1.44 bits per heavy atom. The standard InChI is InChI=1S/C14H20N2O2/c1-3-18-14(17)9-6-10-16-11(2)15-12-7-4-5-8-13(12)16/h6,9H,3-5,7-8,10H2,1-2H3/b9-6+. The molecule has 4 heteroatoms. The average molecular weight is 248 g/mol. The number of allylic oxidation sites excluding steroid dienone is 1. The fourth-order valence-corrected chi connectivity index (χ4v) is 2.42. The Kier molecular flexibility index (Phi) is 4.18. The summed E-state index contributed by atoms with van der Waals surface area (Å²) in [6, 6.07) is 0. The number of nitrogens with zero attached hydrogens (tertiary/aromatic N) is 2. The Hall–Kier alpha value is -1.58. The lowest BCUT2D eigenvalue weighted by atomic mass is 10.0. The summed E-state index contributed by atoms with van der Waals surface area (Å²) < 4.78 is 7.05. The smallest absolute Gasteiger partial charge is 0.330 e. The van der Waals surface area contributed by atoms with Crippen molar-refractivity contribution in [1.29, 1.82) is 0 Å². The number of imidazole rings is 1. The maximum atomic E-state index is 11.2. The maximum absolute atomic E-state index is 11.2. The number of hydrogen-bond donors (Lipinski definition) is 0. The molecule has 0 aliphatic heterocycles. The molecule has 0 bridgehead atoms. The van der Waals surface area contributed by atoms with Crippen LogP contribution in [0.3, 0.4) is 0 Å². The number of carbonyl (C=O) groups excluding carboxylic acids is 1. The lowest BCUT2D eigenvalue weighted by Gasteiger charge is -2.13. The summed E-state index contributed by atoms with van der Waals surface area (Å²) in [4.78, 5) is 15.8. The second-order valence-corrected chi connectivity index (χ2v) is 4.52. The van der Waals surface area contributed by atoms with Crippen LogP contribution in [0.5, 0.6) is 0 Å². The van der Waals surface area contributed by atoms with E-state index in [1.165, 1.54) is 30.3 Å². The molecule has 1 heterocycles. The van der Waals surface area contributed by atoms with Crippen LogP contribution in [0.25, 0.3) is 0 Å². The van der Waals surface area contributed by atoms with Crippen molar-refractivity contribution < 1.29 is 9.53 Å². The van der Waals surface area contributed by atoms with Crippen LogP contribution in [0.15, 0.2) is 12.2 Å². The molecule has 0 N–H and O–H groups in total. The lowest BCUT2D eigenvalue weighted by molar-refractivity contribution is -0.137. The number of fused-ring (bicyclic) bond motifs is 1. The van der Waals surface area contributed by atoms with E-state index in [-0.39, 0.29) is 5.97 Å². The summed E-state index contributed by atoms with van der Waals surface area (Å²) in [5.41, 5.74) is 2.58. The van der Waals surface area contributed by atoms with Gasteiger partial charge in [0, 0.05) is 18.3 Å². The van der Waals surface area contributed by atoms with Gasteiger partial charge in [-0.05, 0) is 39.5 Å². The first-order chi connectivity index (χ1) is 8.72. The third kappa shape index (κ3) is 2.81. The van der Waals surface area contributed by atoms with Gasteiger partial charge in [0.1, 0.15) is 5.82 Å². The van der Waals surface area contributed by atoms with Gasteiger partial charge in [-0.1, -0.05) is 6.08 Å². The molecule has 0 aromatic carbocycles. The predicted octanol–water partition coefficient (Wildman–Crippen LogP) is 2.19. The molecule has 1 aromatic rings. The van der Waals surface area contributed by atoms with Gasteiger partial charge in [-0.15, -0.1) is 0 Å². The SMILES string of the molecule is CCOC(=O)/C=C/Cn1c(C)nc2c1CCCC2. The maximum Gasteiger partial charge on any atom is 0.330 e. The molecule has 98 valence electrons. The van der Waals surface area contributed by atoms with Crippen molar-refractivity contribution in [2.75, 3.05) is 6.61 Å². The van der Waals surface area contributed by atoms with Gasteiger partial charge in [-0.3, -0.25) is 0 Å². The highest BCUT2D eigenvalue weighted by atomic mass is 16.5. The minimum absolute atomic E-state index is 0.274. The monoisotopic (exact) mass is 248 g/mol. The predicted molar refractivity (Wildman–Crippen MR) is 69.4 cm³/mol. The second-order valence-electron chi connectivity index (χ2n) is 4.52. The third-order valence-corrected chi connectivity index (χ3v) is 3.25. The van der Waals surface area contributed by atoms with E-state index in [1.807, 2.05) is 19.9 Å². The Morgan fingerprint density at radius 2 is 2.22 bits per heavy atom. The van der Waals surface area contributed by atoms with Crippen molar-refractivity contribution in [2.24, 2.45) is 0 Å². The highest BCUT2D eigenvalue weighted by molar-refractivity contribution is 5.81. The Morgan fingerprint density at radius 3 is 3.00 bits per heavy atom. The summed E-state index contributed by atoms with van der Waals surface area (Å²) in [6.07, 6.45) is 8.01. The molecule has 4 nitrogen and oxygen atoms in total. The van der Waals surface area contributed by atoms with Crippen molar-refractivity contribution in [1.82, 2.24) is 9.55 Å². The number of rotatable bonds is 4. The van der Waals surface area contributed by atoms with Gasteiger partial charge in [0.05, 0.1) is 12.3 Å². The van der Waals surface area contributed by atoms with Gasteiger partial charge in [0.2, 0.25) is 0 Å². The molecule has 18 heavy (non-hydrogen) atoms. The first-order valence-electron chi connectivity index (χ1n) is 6.60. The van der Waals surface area contributed by atoms with Gasteiger partial charge in [0.25, 0.3) is 0 Å². The van der Waals surface area contributed by atoms with Crippen molar-refractivity contribution >= 4 is 5.97 Å². The van der Waals surface area contributed by atoms with Gasteiger partial charge in [-0.2, -0.15) is 0 Å². The van der Waals surface area contributed by atoms with Crippen molar-refractivity contribution in [3.05, 3.63) is 29.4 Å². The van der Waals surface area contributed by atoms with E-state index in [2.05, 4.69) is 9.55 Å². The molecule has 1 aliphatic carbocycles. The van der Waals surface area contributed by atoms with Gasteiger partial charge in [-0.25, -0.2) is 9.78 Å². The number of hydrogen-bond acceptors (Lipinski definition) is 3. The number of aromatic nitrogens is 2. The van der Waals surface area contributed by atoms with Crippen LogP contribution in [0.1, 0.15) is 37.0 Å². The second kappa shape index (κ2) is 5.85. The van der Waals surface area contributed by atoms with E-state index in [1.54, 1.807) is 0 Å². The zero-order chi connectivity index (χ0) is 13.0. The van der Waals surface area contributed by atoms with E-state index in [4.69, 9.17) is 4.74 Å². The normalized spacial score (nSPS) is 14.8. The molecule has 0 amide bonds.